The molecule has 2 aromatic heterocycles. The summed E-state index contributed by atoms with van der Waals surface area (Å²) in [6.45, 7) is 6.45. The average Bonchev–Trinajstić information content (AvgIpc) is 2.82. The number of aliphatic hydroxyl groups excluding tert-OH is 1. The van der Waals surface area contributed by atoms with Gasteiger partial charge in [-0.2, -0.15) is 0 Å². The Morgan fingerprint density at radius 2 is 2.16 bits per heavy atom. The molecule has 102 valence electrons. The summed E-state index contributed by atoms with van der Waals surface area (Å²) in [5.74, 6) is 0.896. The molecule has 0 aliphatic heterocycles. The van der Waals surface area contributed by atoms with Crippen LogP contribution in [0, 0.1) is 13.8 Å². The molecule has 0 aliphatic carbocycles. The number of rotatable bonds is 4. The Kier molecular flexibility index (Phi) is 3.90. The zero-order valence-corrected chi connectivity index (χ0v) is 11.8. The van der Waals surface area contributed by atoms with Crippen LogP contribution in [0.3, 0.4) is 0 Å². The molecule has 0 radical (unpaired) electrons. The Hall–Kier alpha value is -1.81. The van der Waals surface area contributed by atoms with Gasteiger partial charge < -0.3 is 14.4 Å². The van der Waals surface area contributed by atoms with Gasteiger partial charge in [-0.05, 0) is 32.4 Å². The lowest BCUT2D eigenvalue weighted by Crippen LogP contribution is -2.04. The first-order valence-corrected chi connectivity index (χ1v) is 6.35. The number of aromatic nitrogens is 2. The predicted molar refractivity (Wildman–Crippen MR) is 74.4 cm³/mol. The van der Waals surface area contributed by atoms with Crippen LogP contribution >= 0.6 is 0 Å². The molecule has 0 bridgehead atoms. The standard InChI is InChI=1S/C15H20N2O2/c1-10-7-16-14(11(2)15(10)19-4)9-17-6-5-13(8-17)12(3)18/h5-8,12,18H,9H2,1-4H3. The summed E-state index contributed by atoms with van der Waals surface area (Å²) in [5, 5.41) is 9.53. The van der Waals surface area contributed by atoms with Gasteiger partial charge in [-0.1, -0.05) is 0 Å². The van der Waals surface area contributed by atoms with Crippen molar-refractivity contribution in [2.45, 2.75) is 33.4 Å². The van der Waals surface area contributed by atoms with E-state index in [-0.39, 0.29) is 0 Å². The van der Waals surface area contributed by atoms with Gasteiger partial charge in [0.1, 0.15) is 5.75 Å². The van der Waals surface area contributed by atoms with Crippen molar-refractivity contribution in [2.24, 2.45) is 0 Å². The molecule has 0 fully saturated rings. The van der Waals surface area contributed by atoms with E-state index in [0.29, 0.717) is 6.54 Å². The Morgan fingerprint density at radius 1 is 1.42 bits per heavy atom. The molecule has 2 rings (SSSR count). The van der Waals surface area contributed by atoms with Gasteiger partial charge >= 0.3 is 0 Å². The van der Waals surface area contributed by atoms with Gasteiger partial charge in [0.25, 0.3) is 0 Å². The summed E-state index contributed by atoms with van der Waals surface area (Å²) in [7, 11) is 1.68. The third-order valence-corrected chi connectivity index (χ3v) is 3.34. The highest BCUT2D eigenvalue weighted by Gasteiger charge is 2.10. The quantitative estimate of drug-likeness (QED) is 0.919. The smallest absolute Gasteiger partial charge is 0.128 e. The summed E-state index contributed by atoms with van der Waals surface area (Å²) in [6, 6.07) is 1.92. The lowest BCUT2D eigenvalue weighted by Gasteiger charge is -2.12. The van der Waals surface area contributed by atoms with E-state index in [0.717, 1.165) is 28.1 Å². The van der Waals surface area contributed by atoms with Crippen molar-refractivity contribution in [3.63, 3.8) is 0 Å². The molecule has 1 unspecified atom stereocenters. The van der Waals surface area contributed by atoms with E-state index in [2.05, 4.69) is 4.98 Å². The van der Waals surface area contributed by atoms with E-state index < -0.39 is 6.10 Å². The van der Waals surface area contributed by atoms with Gasteiger partial charge in [0, 0.05) is 29.7 Å². The molecular formula is C15H20N2O2. The normalized spacial score (nSPS) is 12.5. The highest BCUT2D eigenvalue weighted by molar-refractivity contribution is 5.41. The zero-order chi connectivity index (χ0) is 14.0. The minimum atomic E-state index is -0.442. The van der Waals surface area contributed by atoms with Crippen molar-refractivity contribution in [3.05, 3.63) is 47.0 Å². The number of methoxy groups -OCH3 is 1. The highest BCUT2D eigenvalue weighted by atomic mass is 16.5. The molecule has 1 atom stereocenters. The van der Waals surface area contributed by atoms with Gasteiger partial charge in [0.2, 0.25) is 0 Å². The number of nitrogens with zero attached hydrogens (tertiary/aromatic N) is 2. The second-order valence-corrected chi connectivity index (χ2v) is 4.84. The third kappa shape index (κ3) is 2.79. The van der Waals surface area contributed by atoms with Gasteiger partial charge in [0.15, 0.2) is 0 Å². The Bertz CT molecular complexity index is 574. The summed E-state index contributed by atoms with van der Waals surface area (Å²) in [5.41, 5.74) is 4.00. The topological polar surface area (TPSA) is 47.3 Å². The van der Waals surface area contributed by atoms with Crippen molar-refractivity contribution in [1.82, 2.24) is 9.55 Å². The zero-order valence-electron chi connectivity index (χ0n) is 11.8. The molecule has 0 spiro atoms. The van der Waals surface area contributed by atoms with Gasteiger partial charge in [-0.15, -0.1) is 0 Å². The minimum absolute atomic E-state index is 0.442. The third-order valence-electron chi connectivity index (χ3n) is 3.34. The number of hydrogen-bond donors (Lipinski definition) is 1. The van der Waals surface area contributed by atoms with Crippen LogP contribution in [0.5, 0.6) is 5.75 Å². The van der Waals surface area contributed by atoms with Crippen molar-refractivity contribution in [1.29, 1.82) is 0 Å². The summed E-state index contributed by atoms with van der Waals surface area (Å²) in [4.78, 5) is 4.47. The maximum atomic E-state index is 9.53. The fourth-order valence-corrected chi connectivity index (χ4v) is 2.21. The molecule has 0 aliphatic rings. The molecular weight excluding hydrogens is 240 g/mol. The molecule has 4 heteroatoms. The Labute approximate surface area is 113 Å². The highest BCUT2D eigenvalue weighted by Crippen LogP contribution is 2.24. The van der Waals surface area contributed by atoms with Crippen LogP contribution in [0.1, 0.15) is 35.4 Å². The summed E-state index contributed by atoms with van der Waals surface area (Å²) >= 11 is 0. The maximum Gasteiger partial charge on any atom is 0.128 e. The second kappa shape index (κ2) is 5.45. The monoisotopic (exact) mass is 260 g/mol. The average molecular weight is 260 g/mol. The maximum absolute atomic E-state index is 9.53. The largest absolute Gasteiger partial charge is 0.496 e. The predicted octanol–water partition coefficient (Wildman–Crippen LogP) is 2.61. The number of aliphatic hydroxyl groups is 1. The first kappa shape index (κ1) is 13.6. The van der Waals surface area contributed by atoms with Crippen molar-refractivity contribution >= 4 is 0 Å². The number of pyridine rings is 1. The van der Waals surface area contributed by atoms with Crippen LogP contribution in [-0.4, -0.2) is 21.8 Å². The van der Waals surface area contributed by atoms with Crippen LogP contribution in [0.15, 0.2) is 24.7 Å². The first-order valence-electron chi connectivity index (χ1n) is 6.35. The van der Waals surface area contributed by atoms with Crippen LogP contribution in [0.2, 0.25) is 0 Å². The first-order chi connectivity index (χ1) is 9.02. The van der Waals surface area contributed by atoms with Crippen LogP contribution in [0.25, 0.3) is 0 Å². The SMILES string of the molecule is COc1c(C)cnc(Cn2ccc(C(C)O)c2)c1C. The van der Waals surface area contributed by atoms with E-state index in [4.69, 9.17) is 4.74 Å². The summed E-state index contributed by atoms with van der Waals surface area (Å²) < 4.78 is 7.43. The van der Waals surface area contributed by atoms with E-state index in [1.165, 1.54) is 0 Å². The van der Waals surface area contributed by atoms with Crippen molar-refractivity contribution < 1.29 is 9.84 Å². The summed E-state index contributed by atoms with van der Waals surface area (Å²) in [6.07, 6.45) is 5.29. The fraction of sp³-hybridized carbons (Fsp3) is 0.400. The molecule has 0 amide bonds. The molecule has 4 nitrogen and oxygen atoms in total. The molecule has 1 N–H and O–H groups in total. The minimum Gasteiger partial charge on any atom is -0.496 e. The Balaban J connectivity index is 2.28. The second-order valence-electron chi connectivity index (χ2n) is 4.84. The fourth-order valence-electron chi connectivity index (χ4n) is 2.21. The van der Waals surface area contributed by atoms with E-state index in [1.807, 2.05) is 43.1 Å². The molecule has 0 saturated heterocycles. The van der Waals surface area contributed by atoms with Crippen LogP contribution in [0.4, 0.5) is 0 Å². The van der Waals surface area contributed by atoms with Crippen molar-refractivity contribution in [3.8, 4) is 5.75 Å². The Morgan fingerprint density at radius 3 is 2.74 bits per heavy atom. The molecule has 2 heterocycles. The van der Waals surface area contributed by atoms with E-state index in [1.54, 1.807) is 14.0 Å². The van der Waals surface area contributed by atoms with Gasteiger partial charge in [-0.3, -0.25) is 4.98 Å². The van der Waals surface area contributed by atoms with E-state index >= 15 is 0 Å². The van der Waals surface area contributed by atoms with Crippen LogP contribution in [-0.2, 0) is 6.54 Å². The molecule has 2 aromatic rings. The lowest BCUT2D eigenvalue weighted by molar-refractivity contribution is 0.199. The molecule has 0 aromatic carbocycles. The van der Waals surface area contributed by atoms with Crippen molar-refractivity contribution in [2.75, 3.05) is 7.11 Å². The van der Waals surface area contributed by atoms with Crippen LogP contribution < -0.4 is 4.74 Å². The lowest BCUT2D eigenvalue weighted by atomic mass is 10.1. The van der Waals surface area contributed by atoms with E-state index in [9.17, 15) is 5.11 Å². The molecule has 19 heavy (non-hydrogen) atoms. The number of aryl methyl sites for hydroxylation is 1. The number of hydrogen-bond acceptors (Lipinski definition) is 3. The van der Waals surface area contributed by atoms with Gasteiger partial charge in [-0.25, -0.2) is 0 Å². The number of ether oxygens (including phenoxy) is 1. The molecule has 0 saturated carbocycles. The van der Waals surface area contributed by atoms with Gasteiger partial charge in [0.05, 0.1) is 25.5 Å².